The number of alkyl halides is 1. The van der Waals surface area contributed by atoms with E-state index >= 15 is 0 Å². The van der Waals surface area contributed by atoms with Gasteiger partial charge in [0, 0.05) is 36.1 Å². The van der Waals surface area contributed by atoms with Crippen molar-refractivity contribution in [1.29, 1.82) is 0 Å². The van der Waals surface area contributed by atoms with E-state index in [-0.39, 0.29) is 0 Å². The van der Waals surface area contributed by atoms with Gasteiger partial charge in [-0.25, -0.2) is 8.78 Å². The number of rotatable bonds is 7. The molecule has 1 nitrogen and oxygen atoms in total. The molecule has 0 aliphatic heterocycles. The van der Waals surface area contributed by atoms with Gasteiger partial charge in [0.15, 0.2) is 0 Å². The van der Waals surface area contributed by atoms with Gasteiger partial charge in [0.25, 0.3) is 0 Å². The van der Waals surface area contributed by atoms with Crippen LogP contribution in [0.25, 0.3) is 0 Å². The first-order chi connectivity index (χ1) is 8.62. The third kappa shape index (κ3) is 4.32. The zero-order valence-electron chi connectivity index (χ0n) is 10.9. The lowest BCUT2D eigenvalue weighted by molar-refractivity contribution is 0.187. The van der Waals surface area contributed by atoms with Crippen molar-refractivity contribution in [3.05, 3.63) is 35.4 Å². The maximum Gasteiger partial charge on any atom is 0.130 e. The van der Waals surface area contributed by atoms with E-state index in [4.69, 9.17) is 0 Å². The SMILES string of the molecule is CCC(CC)N(CCBr)Cc1ccc(F)cc1F. The van der Waals surface area contributed by atoms with Gasteiger partial charge < -0.3 is 0 Å². The van der Waals surface area contributed by atoms with Crippen LogP contribution < -0.4 is 0 Å². The van der Waals surface area contributed by atoms with Crippen LogP contribution in [0.5, 0.6) is 0 Å². The Labute approximate surface area is 116 Å². The molecule has 4 heteroatoms. The Morgan fingerprint density at radius 3 is 2.39 bits per heavy atom. The van der Waals surface area contributed by atoms with Gasteiger partial charge in [0.2, 0.25) is 0 Å². The average molecular weight is 320 g/mol. The first kappa shape index (κ1) is 15.6. The second-order valence-electron chi connectivity index (χ2n) is 4.37. The Balaban J connectivity index is 2.82. The summed E-state index contributed by atoms with van der Waals surface area (Å²) in [6.45, 7) is 5.67. The minimum Gasteiger partial charge on any atom is -0.295 e. The Hall–Kier alpha value is -0.480. The maximum atomic E-state index is 13.6. The van der Waals surface area contributed by atoms with E-state index < -0.39 is 11.6 Å². The molecule has 0 saturated heterocycles. The molecule has 1 rings (SSSR count). The van der Waals surface area contributed by atoms with E-state index in [1.165, 1.54) is 12.1 Å². The molecular weight excluding hydrogens is 300 g/mol. The first-order valence-electron chi connectivity index (χ1n) is 6.36. The molecule has 0 unspecified atom stereocenters. The highest BCUT2D eigenvalue weighted by Crippen LogP contribution is 2.17. The van der Waals surface area contributed by atoms with Crippen LogP contribution in [0.15, 0.2) is 18.2 Å². The fourth-order valence-corrected chi connectivity index (χ4v) is 2.63. The van der Waals surface area contributed by atoms with Gasteiger partial charge in [-0.15, -0.1) is 0 Å². The highest BCUT2D eigenvalue weighted by molar-refractivity contribution is 9.09. The van der Waals surface area contributed by atoms with Crippen molar-refractivity contribution < 1.29 is 8.78 Å². The summed E-state index contributed by atoms with van der Waals surface area (Å²) in [5, 5.41) is 0.853. The predicted molar refractivity (Wildman–Crippen MR) is 74.9 cm³/mol. The number of halogens is 3. The van der Waals surface area contributed by atoms with E-state index in [9.17, 15) is 8.78 Å². The quantitative estimate of drug-likeness (QED) is 0.675. The number of hydrogen-bond donors (Lipinski definition) is 0. The fourth-order valence-electron chi connectivity index (χ4n) is 2.17. The van der Waals surface area contributed by atoms with Gasteiger partial charge in [-0.1, -0.05) is 35.8 Å². The zero-order chi connectivity index (χ0) is 13.5. The molecular formula is C14H20BrF2N. The molecule has 0 spiro atoms. The van der Waals surface area contributed by atoms with Crippen molar-refractivity contribution in [1.82, 2.24) is 4.90 Å². The van der Waals surface area contributed by atoms with Crippen molar-refractivity contribution in [3.63, 3.8) is 0 Å². The number of nitrogens with zero attached hydrogens (tertiary/aromatic N) is 1. The minimum atomic E-state index is -0.522. The molecule has 0 radical (unpaired) electrons. The minimum absolute atomic E-state index is 0.437. The predicted octanol–water partition coefficient (Wildman–Crippen LogP) is 4.35. The summed E-state index contributed by atoms with van der Waals surface area (Å²) in [4.78, 5) is 2.24. The lowest BCUT2D eigenvalue weighted by atomic mass is 10.1. The Morgan fingerprint density at radius 1 is 1.22 bits per heavy atom. The van der Waals surface area contributed by atoms with Gasteiger partial charge in [-0.2, -0.15) is 0 Å². The summed E-state index contributed by atoms with van der Waals surface area (Å²) in [6, 6.07) is 4.24. The molecule has 102 valence electrons. The number of benzene rings is 1. The van der Waals surface area contributed by atoms with Crippen LogP contribution in [0, 0.1) is 11.6 Å². The lowest BCUT2D eigenvalue weighted by Crippen LogP contribution is -2.35. The van der Waals surface area contributed by atoms with Gasteiger partial charge >= 0.3 is 0 Å². The molecule has 0 heterocycles. The molecule has 0 aromatic heterocycles. The molecule has 0 amide bonds. The third-order valence-electron chi connectivity index (χ3n) is 3.22. The molecule has 0 fully saturated rings. The van der Waals surface area contributed by atoms with Crippen LogP contribution in [0.3, 0.4) is 0 Å². The Bertz CT molecular complexity index is 367. The molecule has 0 bridgehead atoms. The van der Waals surface area contributed by atoms with Crippen molar-refractivity contribution >= 4 is 15.9 Å². The number of hydrogen-bond acceptors (Lipinski definition) is 1. The zero-order valence-corrected chi connectivity index (χ0v) is 12.5. The van der Waals surface area contributed by atoms with E-state index in [2.05, 4.69) is 34.7 Å². The van der Waals surface area contributed by atoms with Gasteiger partial charge in [-0.05, 0) is 18.9 Å². The molecule has 1 aromatic rings. The third-order valence-corrected chi connectivity index (χ3v) is 3.57. The molecule has 0 saturated carbocycles. The highest BCUT2D eigenvalue weighted by atomic mass is 79.9. The topological polar surface area (TPSA) is 3.24 Å². The van der Waals surface area contributed by atoms with Crippen LogP contribution in [0.4, 0.5) is 8.78 Å². The summed E-state index contributed by atoms with van der Waals surface area (Å²) in [5.74, 6) is -0.980. The second kappa shape index (κ2) is 7.85. The van der Waals surface area contributed by atoms with E-state index in [0.29, 0.717) is 18.2 Å². The van der Waals surface area contributed by atoms with Gasteiger partial charge in [0.05, 0.1) is 0 Å². The molecule has 0 aliphatic rings. The summed E-state index contributed by atoms with van der Waals surface area (Å²) < 4.78 is 26.5. The maximum absolute atomic E-state index is 13.6. The smallest absolute Gasteiger partial charge is 0.130 e. The average Bonchev–Trinajstić information content (AvgIpc) is 2.34. The van der Waals surface area contributed by atoms with Crippen molar-refractivity contribution in [2.75, 3.05) is 11.9 Å². The lowest BCUT2D eigenvalue weighted by Gasteiger charge is -2.30. The van der Waals surface area contributed by atoms with Crippen molar-refractivity contribution in [2.45, 2.75) is 39.3 Å². The van der Waals surface area contributed by atoms with Crippen LogP contribution in [0.2, 0.25) is 0 Å². The van der Waals surface area contributed by atoms with Crippen LogP contribution in [-0.4, -0.2) is 22.8 Å². The summed E-state index contributed by atoms with van der Waals surface area (Å²) >= 11 is 3.42. The van der Waals surface area contributed by atoms with Crippen molar-refractivity contribution in [2.24, 2.45) is 0 Å². The van der Waals surface area contributed by atoms with Crippen LogP contribution in [-0.2, 0) is 6.54 Å². The second-order valence-corrected chi connectivity index (χ2v) is 5.16. The molecule has 1 aromatic carbocycles. The van der Waals surface area contributed by atoms with E-state index in [0.717, 1.165) is 30.8 Å². The largest absolute Gasteiger partial charge is 0.295 e. The molecule has 0 atom stereocenters. The monoisotopic (exact) mass is 319 g/mol. The fraction of sp³-hybridized carbons (Fsp3) is 0.571. The standard InChI is InChI=1S/C14H20BrF2N/c1-3-13(4-2)18(8-7-15)10-11-5-6-12(16)9-14(11)17/h5-6,9,13H,3-4,7-8,10H2,1-2H3. The highest BCUT2D eigenvalue weighted by Gasteiger charge is 2.16. The van der Waals surface area contributed by atoms with Crippen molar-refractivity contribution in [3.8, 4) is 0 Å². The Kier molecular flexibility index (Phi) is 6.79. The summed E-state index contributed by atoms with van der Waals surface area (Å²) in [6.07, 6.45) is 2.07. The molecule has 0 N–H and O–H groups in total. The van der Waals surface area contributed by atoms with E-state index in [1.54, 1.807) is 0 Å². The van der Waals surface area contributed by atoms with Crippen LogP contribution in [0.1, 0.15) is 32.3 Å². The van der Waals surface area contributed by atoms with Gasteiger partial charge in [-0.3, -0.25) is 4.90 Å². The van der Waals surface area contributed by atoms with E-state index in [1.807, 2.05) is 0 Å². The molecule has 18 heavy (non-hydrogen) atoms. The summed E-state index contributed by atoms with van der Waals surface area (Å²) in [5.41, 5.74) is 0.559. The first-order valence-corrected chi connectivity index (χ1v) is 7.48. The van der Waals surface area contributed by atoms with Crippen LogP contribution >= 0.6 is 15.9 Å². The summed E-state index contributed by atoms with van der Waals surface area (Å²) in [7, 11) is 0. The molecule has 0 aliphatic carbocycles. The normalized spacial score (nSPS) is 11.5. The van der Waals surface area contributed by atoms with Gasteiger partial charge in [0.1, 0.15) is 11.6 Å². The Morgan fingerprint density at radius 2 is 1.89 bits per heavy atom.